The van der Waals surface area contributed by atoms with Gasteiger partial charge in [0.05, 0.1) is 0 Å². The van der Waals surface area contributed by atoms with E-state index < -0.39 is 0 Å². The van der Waals surface area contributed by atoms with E-state index in [9.17, 15) is 0 Å². The van der Waals surface area contributed by atoms with E-state index in [4.69, 9.17) is 5.41 Å². The molecule has 0 aromatic heterocycles. The van der Waals surface area contributed by atoms with Crippen molar-refractivity contribution in [2.45, 2.75) is 13.3 Å². The Labute approximate surface area is 61.3 Å². The number of allylic oxidation sites excluding steroid dienone is 6. The monoisotopic (exact) mass is 133 g/mol. The van der Waals surface area contributed by atoms with Crippen LogP contribution in [0.3, 0.4) is 0 Å². The van der Waals surface area contributed by atoms with Crippen LogP contribution < -0.4 is 0 Å². The maximum absolute atomic E-state index is 6.99. The Morgan fingerprint density at radius 2 is 2.20 bits per heavy atom. The molecule has 0 amide bonds. The molecule has 0 saturated carbocycles. The van der Waals surface area contributed by atoms with Crippen LogP contribution in [0.4, 0.5) is 0 Å². The Morgan fingerprint density at radius 3 is 2.90 bits per heavy atom. The molecule has 0 aromatic carbocycles. The molecule has 0 unspecified atom stereocenters. The molecule has 0 radical (unpaired) electrons. The first kappa shape index (κ1) is 7.00. The van der Waals surface area contributed by atoms with E-state index in [0.29, 0.717) is 0 Å². The summed E-state index contributed by atoms with van der Waals surface area (Å²) in [5.74, 6) is 0. The summed E-state index contributed by atoms with van der Waals surface area (Å²) in [6.07, 6.45) is 10.5. The van der Waals surface area contributed by atoms with Gasteiger partial charge in [0.15, 0.2) is 0 Å². The van der Waals surface area contributed by atoms with Gasteiger partial charge in [-0.3, -0.25) is 0 Å². The number of rotatable bonds is 1. The van der Waals surface area contributed by atoms with Crippen molar-refractivity contribution in [1.82, 2.24) is 0 Å². The lowest BCUT2D eigenvalue weighted by Gasteiger charge is -1.85. The highest BCUT2D eigenvalue weighted by atomic mass is 14.3. The zero-order chi connectivity index (χ0) is 7.40. The average Bonchev–Trinajstić information content (AvgIpc) is 2.14. The van der Waals surface area contributed by atoms with Crippen molar-refractivity contribution in [2.24, 2.45) is 0 Å². The van der Waals surface area contributed by atoms with Crippen molar-refractivity contribution in [2.75, 3.05) is 0 Å². The maximum Gasteiger partial charge on any atom is 0.0247 e. The molecule has 1 aliphatic rings. The molecular formula is C9H11N. The zero-order valence-corrected chi connectivity index (χ0v) is 6.09. The first-order chi connectivity index (χ1) is 4.83. The van der Waals surface area contributed by atoms with Gasteiger partial charge in [0.2, 0.25) is 0 Å². The summed E-state index contributed by atoms with van der Waals surface area (Å²) in [6.45, 7) is 2.07. The minimum absolute atomic E-state index is 0.948. The Bertz CT molecular complexity index is 219. The van der Waals surface area contributed by atoms with Gasteiger partial charge in [0.1, 0.15) is 0 Å². The fraction of sp³-hybridized carbons (Fsp3) is 0.222. The van der Waals surface area contributed by atoms with Crippen molar-refractivity contribution >= 4 is 6.21 Å². The lowest BCUT2D eigenvalue weighted by molar-refractivity contribution is 1.34. The van der Waals surface area contributed by atoms with Crippen molar-refractivity contribution in [1.29, 1.82) is 5.41 Å². The number of hydrogen-bond acceptors (Lipinski definition) is 1. The second-order valence-corrected chi connectivity index (χ2v) is 2.37. The van der Waals surface area contributed by atoms with Gasteiger partial charge in [-0.1, -0.05) is 29.9 Å². The van der Waals surface area contributed by atoms with Gasteiger partial charge in [-0.25, -0.2) is 0 Å². The SMILES string of the molecule is CC1=CCC=C(C=N)C=C1. The van der Waals surface area contributed by atoms with Gasteiger partial charge in [-0.05, 0) is 18.9 Å². The molecule has 1 aliphatic carbocycles. The quantitative estimate of drug-likeness (QED) is 0.531. The zero-order valence-electron chi connectivity index (χ0n) is 6.09. The van der Waals surface area contributed by atoms with Crippen molar-refractivity contribution in [3.63, 3.8) is 0 Å². The molecule has 1 N–H and O–H groups in total. The molecular weight excluding hydrogens is 122 g/mol. The molecule has 0 spiro atoms. The molecule has 0 aromatic rings. The van der Waals surface area contributed by atoms with E-state index >= 15 is 0 Å². The summed E-state index contributed by atoms with van der Waals surface area (Å²) in [7, 11) is 0. The van der Waals surface area contributed by atoms with Crippen LogP contribution in [-0.4, -0.2) is 6.21 Å². The highest BCUT2D eigenvalue weighted by Crippen LogP contribution is 2.07. The van der Waals surface area contributed by atoms with Crippen LogP contribution in [0.1, 0.15) is 13.3 Å². The lowest BCUT2D eigenvalue weighted by Crippen LogP contribution is -1.74. The summed E-state index contributed by atoms with van der Waals surface area (Å²) in [6, 6.07) is 0. The molecule has 1 nitrogen and oxygen atoms in total. The molecule has 52 valence electrons. The first-order valence-electron chi connectivity index (χ1n) is 3.38. The fourth-order valence-corrected chi connectivity index (χ4v) is 0.852. The Kier molecular flexibility index (Phi) is 2.21. The van der Waals surface area contributed by atoms with Gasteiger partial charge in [-0.15, -0.1) is 0 Å². The molecule has 1 heteroatoms. The molecule has 0 aliphatic heterocycles. The summed E-state index contributed by atoms with van der Waals surface area (Å²) in [4.78, 5) is 0. The van der Waals surface area contributed by atoms with Crippen LogP contribution in [0.15, 0.2) is 35.5 Å². The molecule has 1 rings (SSSR count). The van der Waals surface area contributed by atoms with Gasteiger partial charge in [0.25, 0.3) is 0 Å². The number of nitrogens with one attached hydrogen (secondary N) is 1. The van der Waals surface area contributed by atoms with E-state index in [1.54, 1.807) is 0 Å². The second-order valence-electron chi connectivity index (χ2n) is 2.37. The summed E-state index contributed by atoms with van der Waals surface area (Å²) in [5.41, 5.74) is 2.27. The second kappa shape index (κ2) is 3.16. The van der Waals surface area contributed by atoms with Gasteiger partial charge < -0.3 is 5.41 Å². The van der Waals surface area contributed by atoms with Gasteiger partial charge in [-0.2, -0.15) is 0 Å². The minimum Gasteiger partial charge on any atom is -0.308 e. The normalized spacial score (nSPS) is 17.3. The van der Waals surface area contributed by atoms with E-state index in [0.717, 1.165) is 12.0 Å². The van der Waals surface area contributed by atoms with Crippen molar-refractivity contribution in [3.05, 3.63) is 35.5 Å². The molecule has 0 heterocycles. The summed E-state index contributed by atoms with van der Waals surface area (Å²) < 4.78 is 0. The van der Waals surface area contributed by atoms with Crippen molar-refractivity contribution < 1.29 is 0 Å². The van der Waals surface area contributed by atoms with E-state index in [1.165, 1.54) is 11.8 Å². The van der Waals surface area contributed by atoms with E-state index in [-0.39, 0.29) is 0 Å². The first-order valence-corrected chi connectivity index (χ1v) is 3.38. The Hall–Kier alpha value is -1.11. The topological polar surface area (TPSA) is 23.9 Å². The summed E-state index contributed by atoms with van der Waals surface area (Å²) >= 11 is 0. The predicted molar refractivity (Wildman–Crippen MR) is 44.4 cm³/mol. The third-order valence-electron chi connectivity index (χ3n) is 1.50. The fourth-order valence-electron chi connectivity index (χ4n) is 0.852. The molecule has 0 saturated heterocycles. The highest BCUT2D eigenvalue weighted by molar-refractivity contribution is 5.80. The lowest BCUT2D eigenvalue weighted by atomic mass is 10.2. The third kappa shape index (κ3) is 1.69. The maximum atomic E-state index is 6.99. The van der Waals surface area contributed by atoms with Crippen LogP contribution in [0, 0.1) is 5.41 Å². The smallest absolute Gasteiger partial charge is 0.0247 e. The minimum atomic E-state index is 0.948. The van der Waals surface area contributed by atoms with Crippen LogP contribution in [0.2, 0.25) is 0 Å². The largest absolute Gasteiger partial charge is 0.308 e. The standard InChI is InChI=1S/C9H11N/c1-8-3-2-4-9(7-10)6-5-8/h3-7,10H,2H2,1H3. The van der Waals surface area contributed by atoms with Crippen LogP contribution in [0.25, 0.3) is 0 Å². The van der Waals surface area contributed by atoms with Crippen molar-refractivity contribution in [3.8, 4) is 0 Å². The third-order valence-corrected chi connectivity index (χ3v) is 1.50. The molecule has 0 bridgehead atoms. The van der Waals surface area contributed by atoms with E-state index in [2.05, 4.69) is 13.0 Å². The van der Waals surface area contributed by atoms with Crippen LogP contribution in [0.5, 0.6) is 0 Å². The predicted octanol–water partition coefficient (Wildman–Crippen LogP) is 2.47. The van der Waals surface area contributed by atoms with Gasteiger partial charge in [0, 0.05) is 6.21 Å². The van der Waals surface area contributed by atoms with E-state index in [1.807, 2.05) is 18.2 Å². The summed E-state index contributed by atoms with van der Waals surface area (Å²) in [5, 5.41) is 6.99. The molecule has 10 heavy (non-hydrogen) atoms. The molecule has 0 atom stereocenters. The van der Waals surface area contributed by atoms with Crippen LogP contribution >= 0.6 is 0 Å². The number of hydrogen-bond donors (Lipinski definition) is 1. The average molecular weight is 133 g/mol. The molecule has 0 fully saturated rings. The van der Waals surface area contributed by atoms with Gasteiger partial charge >= 0.3 is 0 Å². The van der Waals surface area contributed by atoms with Crippen LogP contribution in [-0.2, 0) is 0 Å². The Morgan fingerprint density at radius 1 is 1.40 bits per heavy atom. The Balaban J connectivity index is 2.78. The highest BCUT2D eigenvalue weighted by Gasteiger charge is 1.90.